The third kappa shape index (κ3) is 1.93. The Bertz CT molecular complexity index is 761. The minimum absolute atomic E-state index is 0.0299. The number of nitrogens with two attached hydrogens (primary N) is 1. The predicted molar refractivity (Wildman–Crippen MR) is 73.7 cm³/mol. The van der Waals surface area contributed by atoms with Gasteiger partial charge in [-0.2, -0.15) is 0 Å². The van der Waals surface area contributed by atoms with Crippen molar-refractivity contribution in [1.29, 1.82) is 0 Å². The summed E-state index contributed by atoms with van der Waals surface area (Å²) in [4.78, 5) is 0. The van der Waals surface area contributed by atoms with E-state index in [0.717, 1.165) is 22.4 Å². The van der Waals surface area contributed by atoms with Gasteiger partial charge in [-0.05, 0) is 22.4 Å². The lowest BCUT2D eigenvalue weighted by Crippen LogP contribution is -1.96. The Kier molecular flexibility index (Phi) is 2.67. The Morgan fingerprint density at radius 1 is 0.789 bits per heavy atom. The summed E-state index contributed by atoms with van der Waals surface area (Å²) in [5.74, 6) is -1.36. The molecule has 0 saturated heterocycles. The minimum atomic E-state index is -0.733. The van der Waals surface area contributed by atoms with Crippen LogP contribution < -0.4 is 5.73 Å². The van der Waals surface area contributed by atoms with Crippen LogP contribution in [0, 0.1) is 11.6 Å². The van der Waals surface area contributed by atoms with E-state index in [1.807, 2.05) is 42.5 Å². The van der Waals surface area contributed by atoms with Crippen molar-refractivity contribution in [2.45, 2.75) is 0 Å². The first-order valence-corrected chi connectivity index (χ1v) is 5.89. The van der Waals surface area contributed by atoms with E-state index in [9.17, 15) is 8.78 Å². The summed E-state index contributed by atoms with van der Waals surface area (Å²) < 4.78 is 27.0. The molecule has 0 heterocycles. The lowest BCUT2D eigenvalue weighted by atomic mass is 9.97. The molecule has 0 unspecified atom stereocenters. The first-order chi connectivity index (χ1) is 9.16. The van der Waals surface area contributed by atoms with Crippen molar-refractivity contribution in [3.63, 3.8) is 0 Å². The van der Waals surface area contributed by atoms with E-state index in [0.29, 0.717) is 5.56 Å². The zero-order valence-electron chi connectivity index (χ0n) is 10.0. The zero-order chi connectivity index (χ0) is 13.4. The van der Waals surface area contributed by atoms with Gasteiger partial charge in [0.2, 0.25) is 0 Å². The predicted octanol–water partition coefficient (Wildman–Crippen LogP) is 4.37. The summed E-state index contributed by atoms with van der Waals surface area (Å²) in [6.45, 7) is 0. The van der Waals surface area contributed by atoms with Crippen LogP contribution in [0.1, 0.15) is 0 Å². The fourth-order valence-corrected chi connectivity index (χ4v) is 2.27. The molecule has 0 aliphatic carbocycles. The quantitative estimate of drug-likeness (QED) is 0.642. The SMILES string of the molecule is Nc1c(F)cc(F)cc1-c1cccc2ccccc12. The van der Waals surface area contributed by atoms with E-state index in [1.54, 1.807) is 0 Å². The maximum absolute atomic E-state index is 13.6. The summed E-state index contributed by atoms with van der Waals surface area (Å²) in [6, 6.07) is 15.3. The van der Waals surface area contributed by atoms with Crippen LogP contribution in [0.5, 0.6) is 0 Å². The van der Waals surface area contributed by atoms with Gasteiger partial charge in [-0.15, -0.1) is 0 Å². The van der Waals surface area contributed by atoms with Crippen LogP contribution in [-0.4, -0.2) is 0 Å². The molecule has 0 aromatic heterocycles. The minimum Gasteiger partial charge on any atom is -0.396 e. The number of hydrogen-bond donors (Lipinski definition) is 1. The van der Waals surface area contributed by atoms with Crippen molar-refractivity contribution >= 4 is 16.5 Å². The molecule has 0 bridgehead atoms. The molecule has 0 radical (unpaired) electrons. The molecular weight excluding hydrogens is 244 g/mol. The maximum Gasteiger partial charge on any atom is 0.149 e. The van der Waals surface area contributed by atoms with E-state index in [4.69, 9.17) is 5.73 Å². The topological polar surface area (TPSA) is 26.0 Å². The fourth-order valence-electron chi connectivity index (χ4n) is 2.27. The summed E-state index contributed by atoms with van der Waals surface area (Å²) in [5, 5.41) is 1.92. The van der Waals surface area contributed by atoms with Crippen molar-refractivity contribution in [1.82, 2.24) is 0 Å². The highest BCUT2D eigenvalue weighted by atomic mass is 19.1. The molecule has 94 valence electrons. The number of rotatable bonds is 1. The number of benzene rings is 3. The lowest BCUT2D eigenvalue weighted by molar-refractivity contribution is 0.587. The van der Waals surface area contributed by atoms with E-state index in [2.05, 4.69) is 0 Å². The van der Waals surface area contributed by atoms with Gasteiger partial charge in [-0.25, -0.2) is 8.78 Å². The molecule has 0 amide bonds. The number of anilines is 1. The number of nitrogen functional groups attached to an aromatic ring is 1. The summed E-state index contributed by atoms with van der Waals surface area (Å²) in [6.07, 6.45) is 0. The molecule has 19 heavy (non-hydrogen) atoms. The van der Waals surface area contributed by atoms with Crippen LogP contribution in [0.15, 0.2) is 54.6 Å². The summed E-state index contributed by atoms with van der Waals surface area (Å²) >= 11 is 0. The molecule has 0 atom stereocenters. The van der Waals surface area contributed by atoms with Crippen molar-refractivity contribution in [3.05, 3.63) is 66.2 Å². The highest BCUT2D eigenvalue weighted by Crippen LogP contribution is 2.34. The molecule has 0 spiro atoms. The van der Waals surface area contributed by atoms with Gasteiger partial charge < -0.3 is 5.73 Å². The van der Waals surface area contributed by atoms with Gasteiger partial charge in [0.15, 0.2) is 0 Å². The van der Waals surface area contributed by atoms with E-state index in [-0.39, 0.29) is 5.69 Å². The maximum atomic E-state index is 13.6. The average molecular weight is 255 g/mol. The Labute approximate surface area is 109 Å². The van der Waals surface area contributed by atoms with Gasteiger partial charge >= 0.3 is 0 Å². The van der Waals surface area contributed by atoms with Gasteiger partial charge in [0.1, 0.15) is 11.6 Å². The fraction of sp³-hybridized carbons (Fsp3) is 0. The summed E-state index contributed by atoms with van der Waals surface area (Å²) in [7, 11) is 0. The highest BCUT2D eigenvalue weighted by molar-refractivity contribution is 5.99. The van der Waals surface area contributed by atoms with Crippen LogP contribution >= 0.6 is 0 Å². The van der Waals surface area contributed by atoms with Gasteiger partial charge in [0, 0.05) is 11.6 Å². The lowest BCUT2D eigenvalue weighted by Gasteiger charge is -2.10. The third-order valence-electron chi connectivity index (χ3n) is 3.17. The molecule has 2 N–H and O–H groups in total. The number of hydrogen-bond acceptors (Lipinski definition) is 1. The standard InChI is InChI=1S/C16H11F2N/c17-11-8-14(16(19)15(18)9-11)13-7-3-5-10-4-1-2-6-12(10)13/h1-9H,19H2. The van der Waals surface area contributed by atoms with Gasteiger partial charge in [-0.1, -0.05) is 42.5 Å². The zero-order valence-corrected chi connectivity index (χ0v) is 10.0. The van der Waals surface area contributed by atoms with Crippen molar-refractivity contribution < 1.29 is 8.78 Å². The van der Waals surface area contributed by atoms with Crippen LogP contribution in [0.25, 0.3) is 21.9 Å². The molecule has 0 aliphatic rings. The molecule has 3 aromatic rings. The van der Waals surface area contributed by atoms with E-state index < -0.39 is 11.6 Å². The van der Waals surface area contributed by atoms with Gasteiger partial charge in [0.05, 0.1) is 5.69 Å². The number of halogens is 2. The van der Waals surface area contributed by atoms with Crippen molar-refractivity contribution in [2.24, 2.45) is 0 Å². The average Bonchev–Trinajstić information content (AvgIpc) is 2.42. The molecule has 0 aliphatic heterocycles. The van der Waals surface area contributed by atoms with E-state index >= 15 is 0 Å². The Hall–Kier alpha value is -2.42. The van der Waals surface area contributed by atoms with Crippen LogP contribution in [-0.2, 0) is 0 Å². The van der Waals surface area contributed by atoms with Crippen LogP contribution in [0.2, 0.25) is 0 Å². The second kappa shape index (κ2) is 4.35. The summed E-state index contributed by atoms with van der Waals surface area (Å²) in [5.41, 5.74) is 6.82. The molecular formula is C16H11F2N. The Morgan fingerprint density at radius 2 is 1.53 bits per heavy atom. The molecule has 0 fully saturated rings. The highest BCUT2D eigenvalue weighted by Gasteiger charge is 2.12. The second-order valence-electron chi connectivity index (χ2n) is 4.38. The number of fused-ring (bicyclic) bond motifs is 1. The molecule has 0 saturated carbocycles. The van der Waals surface area contributed by atoms with Crippen LogP contribution in [0.4, 0.5) is 14.5 Å². The second-order valence-corrected chi connectivity index (χ2v) is 4.38. The molecule has 1 nitrogen and oxygen atoms in total. The first-order valence-electron chi connectivity index (χ1n) is 5.89. The smallest absolute Gasteiger partial charge is 0.149 e. The third-order valence-corrected chi connectivity index (χ3v) is 3.17. The monoisotopic (exact) mass is 255 g/mol. The normalized spacial score (nSPS) is 10.8. The largest absolute Gasteiger partial charge is 0.396 e. The molecule has 3 heteroatoms. The van der Waals surface area contributed by atoms with Crippen LogP contribution in [0.3, 0.4) is 0 Å². The Morgan fingerprint density at radius 3 is 2.37 bits per heavy atom. The van der Waals surface area contributed by atoms with E-state index in [1.165, 1.54) is 6.07 Å². The Balaban J connectivity index is 2.37. The first kappa shape index (κ1) is 11.7. The molecule has 3 aromatic carbocycles. The van der Waals surface area contributed by atoms with Crippen molar-refractivity contribution in [3.8, 4) is 11.1 Å². The molecule has 3 rings (SSSR count). The van der Waals surface area contributed by atoms with Gasteiger partial charge in [-0.3, -0.25) is 0 Å². The van der Waals surface area contributed by atoms with Gasteiger partial charge in [0.25, 0.3) is 0 Å². The van der Waals surface area contributed by atoms with Crippen molar-refractivity contribution in [2.75, 3.05) is 5.73 Å².